The lowest BCUT2D eigenvalue weighted by Gasteiger charge is -2.27. The number of aliphatic hydroxyl groups excluding tert-OH is 1. The van der Waals surface area contributed by atoms with Crippen molar-refractivity contribution < 1.29 is 9.52 Å². The van der Waals surface area contributed by atoms with Crippen molar-refractivity contribution in [2.24, 2.45) is 0 Å². The van der Waals surface area contributed by atoms with Crippen LogP contribution in [0.25, 0.3) is 0 Å². The summed E-state index contributed by atoms with van der Waals surface area (Å²) < 4.78 is 5.72. The molecule has 0 amide bonds. The number of aromatic nitrogens is 2. The Morgan fingerprint density at radius 2 is 2.14 bits per heavy atom. The third kappa shape index (κ3) is 3.05. The first kappa shape index (κ1) is 15.2. The average molecular weight is 301 g/mol. The van der Waals surface area contributed by atoms with Crippen molar-refractivity contribution in [1.82, 2.24) is 15.1 Å². The smallest absolute Gasteiger partial charge is 0.230 e. The fourth-order valence-electron chi connectivity index (χ4n) is 3.13. The molecule has 1 aromatic carbocycles. The largest absolute Gasteiger partial charge is 0.424 e. The molecule has 1 heterocycles. The SMILES string of the molecule is CC(C)c1nnc(CN(CCO)C2CCc3ccccc32)o1. The van der Waals surface area contributed by atoms with Crippen molar-refractivity contribution >= 4 is 0 Å². The van der Waals surface area contributed by atoms with Gasteiger partial charge in [-0.25, -0.2) is 0 Å². The third-order valence-electron chi connectivity index (χ3n) is 4.24. The molecule has 1 unspecified atom stereocenters. The Balaban J connectivity index is 1.78. The summed E-state index contributed by atoms with van der Waals surface area (Å²) in [6, 6.07) is 8.86. The summed E-state index contributed by atoms with van der Waals surface area (Å²) >= 11 is 0. The van der Waals surface area contributed by atoms with Crippen molar-refractivity contribution in [1.29, 1.82) is 0 Å². The second-order valence-corrected chi connectivity index (χ2v) is 6.14. The lowest BCUT2D eigenvalue weighted by atomic mass is 10.1. The van der Waals surface area contributed by atoms with Crippen LogP contribution in [0.5, 0.6) is 0 Å². The van der Waals surface area contributed by atoms with Crippen molar-refractivity contribution in [3.8, 4) is 0 Å². The van der Waals surface area contributed by atoms with E-state index in [0.717, 1.165) is 12.8 Å². The van der Waals surface area contributed by atoms with Crippen LogP contribution in [0, 0.1) is 0 Å². The van der Waals surface area contributed by atoms with Crippen molar-refractivity contribution in [3.05, 3.63) is 47.2 Å². The summed E-state index contributed by atoms with van der Waals surface area (Å²) in [7, 11) is 0. The van der Waals surface area contributed by atoms with Gasteiger partial charge < -0.3 is 9.52 Å². The molecule has 1 aromatic heterocycles. The summed E-state index contributed by atoms with van der Waals surface area (Å²) in [6.45, 7) is 5.40. The number of hydrogen-bond donors (Lipinski definition) is 1. The Morgan fingerprint density at radius 3 is 2.86 bits per heavy atom. The highest BCUT2D eigenvalue weighted by Gasteiger charge is 2.28. The van der Waals surface area contributed by atoms with Crippen LogP contribution in [0.2, 0.25) is 0 Å². The topological polar surface area (TPSA) is 62.4 Å². The monoisotopic (exact) mass is 301 g/mol. The fourth-order valence-corrected chi connectivity index (χ4v) is 3.13. The van der Waals surface area contributed by atoms with Gasteiger partial charge in [-0.3, -0.25) is 4.90 Å². The Kier molecular flexibility index (Phi) is 4.55. The van der Waals surface area contributed by atoms with Crippen molar-refractivity contribution in [3.63, 3.8) is 0 Å². The minimum atomic E-state index is 0.129. The summed E-state index contributed by atoms with van der Waals surface area (Å²) in [5.41, 5.74) is 2.77. The Hall–Kier alpha value is -1.72. The van der Waals surface area contributed by atoms with E-state index in [0.29, 0.717) is 30.9 Å². The van der Waals surface area contributed by atoms with E-state index in [2.05, 4.69) is 39.4 Å². The highest BCUT2D eigenvalue weighted by Crippen LogP contribution is 2.36. The number of aryl methyl sites for hydroxylation is 1. The van der Waals surface area contributed by atoms with Gasteiger partial charge in [-0.2, -0.15) is 0 Å². The lowest BCUT2D eigenvalue weighted by molar-refractivity contribution is 0.131. The Bertz CT molecular complexity index is 624. The molecule has 0 spiro atoms. The normalized spacial score (nSPS) is 17.4. The maximum Gasteiger partial charge on any atom is 0.230 e. The molecule has 22 heavy (non-hydrogen) atoms. The van der Waals surface area contributed by atoms with Crippen LogP contribution >= 0.6 is 0 Å². The van der Waals surface area contributed by atoms with E-state index in [1.807, 2.05) is 13.8 Å². The van der Waals surface area contributed by atoms with Crippen molar-refractivity contribution in [2.75, 3.05) is 13.2 Å². The van der Waals surface area contributed by atoms with Gasteiger partial charge in [0, 0.05) is 18.5 Å². The first-order valence-corrected chi connectivity index (χ1v) is 7.94. The first-order valence-electron chi connectivity index (χ1n) is 7.94. The molecule has 0 saturated heterocycles. The number of aliphatic hydroxyl groups is 1. The van der Waals surface area contributed by atoms with Crippen LogP contribution in [-0.4, -0.2) is 33.4 Å². The summed E-state index contributed by atoms with van der Waals surface area (Å²) in [6.07, 6.45) is 2.16. The van der Waals surface area contributed by atoms with E-state index in [1.54, 1.807) is 0 Å². The maximum atomic E-state index is 9.41. The molecule has 1 N–H and O–H groups in total. The molecule has 118 valence electrons. The predicted molar refractivity (Wildman–Crippen MR) is 83.4 cm³/mol. The summed E-state index contributed by atoms with van der Waals surface area (Å²) in [4.78, 5) is 2.24. The number of fused-ring (bicyclic) bond motifs is 1. The van der Waals surface area contributed by atoms with E-state index in [1.165, 1.54) is 11.1 Å². The lowest BCUT2D eigenvalue weighted by Crippen LogP contribution is -2.30. The quantitative estimate of drug-likeness (QED) is 0.889. The van der Waals surface area contributed by atoms with E-state index in [4.69, 9.17) is 4.42 Å². The molecule has 0 aliphatic heterocycles. The summed E-state index contributed by atoms with van der Waals surface area (Å²) in [5.74, 6) is 1.53. The molecular formula is C17H23N3O2. The van der Waals surface area contributed by atoms with Crippen LogP contribution in [-0.2, 0) is 13.0 Å². The second-order valence-electron chi connectivity index (χ2n) is 6.14. The average Bonchev–Trinajstić information content (AvgIpc) is 3.13. The van der Waals surface area contributed by atoms with Gasteiger partial charge in [0.25, 0.3) is 0 Å². The summed E-state index contributed by atoms with van der Waals surface area (Å²) in [5, 5.41) is 17.6. The molecule has 1 aliphatic carbocycles. The van der Waals surface area contributed by atoms with Crippen LogP contribution in [0.1, 0.15) is 55.1 Å². The Morgan fingerprint density at radius 1 is 1.32 bits per heavy atom. The molecule has 0 saturated carbocycles. The maximum absolute atomic E-state index is 9.41. The van der Waals surface area contributed by atoms with E-state index < -0.39 is 0 Å². The zero-order valence-electron chi connectivity index (χ0n) is 13.2. The molecule has 5 nitrogen and oxygen atoms in total. The highest BCUT2D eigenvalue weighted by atomic mass is 16.4. The zero-order chi connectivity index (χ0) is 15.5. The standard InChI is InChI=1S/C17H23N3O2/c1-12(2)17-19-18-16(22-17)11-20(9-10-21)15-8-7-13-5-3-4-6-14(13)15/h3-6,12,15,21H,7-11H2,1-2H3. The molecule has 3 rings (SSSR count). The van der Waals surface area contributed by atoms with Gasteiger partial charge in [-0.15, -0.1) is 10.2 Å². The van der Waals surface area contributed by atoms with E-state index >= 15 is 0 Å². The first-order chi connectivity index (χ1) is 10.7. The third-order valence-corrected chi connectivity index (χ3v) is 4.24. The van der Waals surface area contributed by atoms with Gasteiger partial charge in [0.05, 0.1) is 13.2 Å². The molecule has 1 aliphatic rings. The Labute approximate surface area is 131 Å². The van der Waals surface area contributed by atoms with Crippen LogP contribution in [0.3, 0.4) is 0 Å². The zero-order valence-corrected chi connectivity index (χ0v) is 13.2. The number of nitrogens with zero attached hydrogens (tertiary/aromatic N) is 3. The molecular weight excluding hydrogens is 278 g/mol. The minimum Gasteiger partial charge on any atom is -0.424 e. The molecule has 5 heteroatoms. The molecule has 1 atom stereocenters. The van der Waals surface area contributed by atoms with Gasteiger partial charge in [-0.1, -0.05) is 38.1 Å². The second kappa shape index (κ2) is 6.58. The van der Waals surface area contributed by atoms with Crippen LogP contribution < -0.4 is 0 Å². The molecule has 0 fully saturated rings. The van der Waals surface area contributed by atoms with Crippen molar-refractivity contribution in [2.45, 2.75) is 45.2 Å². The van der Waals surface area contributed by atoms with Gasteiger partial charge >= 0.3 is 0 Å². The predicted octanol–water partition coefficient (Wildman–Crippen LogP) is 2.67. The van der Waals surface area contributed by atoms with Gasteiger partial charge in [0.2, 0.25) is 11.8 Å². The number of benzene rings is 1. The molecule has 0 radical (unpaired) electrons. The van der Waals surface area contributed by atoms with E-state index in [9.17, 15) is 5.11 Å². The number of rotatable bonds is 6. The van der Waals surface area contributed by atoms with Crippen LogP contribution in [0.15, 0.2) is 28.7 Å². The number of hydrogen-bond acceptors (Lipinski definition) is 5. The van der Waals surface area contributed by atoms with Crippen LogP contribution in [0.4, 0.5) is 0 Å². The highest BCUT2D eigenvalue weighted by molar-refractivity contribution is 5.34. The van der Waals surface area contributed by atoms with Gasteiger partial charge in [0.15, 0.2) is 0 Å². The minimum absolute atomic E-state index is 0.129. The molecule has 2 aromatic rings. The van der Waals surface area contributed by atoms with Gasteiger partial charge in [0.1, 0.15) is 0 Å². The van der Waals surface area contributed by atoms with E-state index in [-0.39, 0.29) is 12.5 Å². The fraction of sp³-hybridized carbons (Fsp3) is 0.529. The van der Waals surface area contributed by atoms with Gasteiger partial charge in [-0.05, 0) is 24.0 Å². The molecule has 0 bridgehead atoms.